The van der Waals surface area contributed by atoms with Gasteiger partial charge in [0.2, 0.25) is 5.95 Å². The Kier molecular flexibility index (Phi) is 9.37. The number of rotatable bonds is 12. The maximum Gasteiger partial charge on any atom is 0.225 e. The second kappa shape index (κ2) is 11.7. The van der Waals surface area contributed by atoms with E-state index in [1.807, 2.05) is 6.92 Å². The Bertz CT molecular complexity index is 783. The molecule has 2 rings (SSSR count). The van der Waals surface area contributed by atoms with Gasteiger partial charge < -0.3 is 20.7 Å². The topological polar surface area (TPSA) is 76.3 Å². The van der Waals surface area contributed by atoms with Crippen LogP contribution in [-0.2, 0) is 12.8 Å². The molecule has 2 aromatic rings. The maximum absolute atomic E-state index is 6.31. The van der Waals surface area contributed by atoms with Crippen molar-refractivity contribution in [3.05, 3.63) is 40.6 Å². The molecule has 1 atom stereocenters. The van der Waals surface area contributed by atoms with Crippen LogP contribution >= 0.6 is 0 Å². The number of anilines is 2. The molecule has 1 heterocycles. The SMILES string of the molecule is CCCC(C)Nc1nc(C)c(Cc2ccc(CCCCN(C)C)cc2OC)c(N)n1. The number of ether oxygens (including phenoxy) is 1. The molecular formula is C24H39N5O. The lowest BCUT2D eigenvalue weighted by atomic mass is 9.99. The van der Waals surface area contributed by atoms with Crippen molar-refractivity contribution in [1.82, 2.24) is 14.9 Å². The summed E-state index contributed by atoms with van der Waals surface area (Å²) >= 11 is 0. The number of methoxy groups -OCH3 is 1. The summed E-state index contributed by atoms with van der Waals surface area (Å²) in [6.07, 6.45) is 6.28. The van der Waals surface area contributed by atoms with Crippen LogP contribution in [0.5, 0.6) is 5.75 Å². The summed E-state index contributed by atoms with van der Waals surface area (Å²) < 4.78 is 5.68. The number of benzene rings is 1. The summed E-state index contributed by atoms with van der Waals surface area (Å²) in [6.45, 7) is 7.42. The van der Waals surface area contributed by atoms with Gasteiger partial charge in [0, 0.05) is 23.7 Å². The van der Waals surface area contributed by atoms with E-state index in [4.69, 9.17) is 10.5 Å². The van der Waals surface area contributed by atoms with Gasteiger partial charge in [-0.05, 0) is 77.4 Å². The zero-order valence-electron chi connectivity index (χ0n) is 19.6. The number of unbranched alkanes of at least 4 members (excludes halogenated alkanes) is 1. The fourth-order valence-corrected chi connectivity index (χ4v) is 3.66. The lowest BCUT2D eigenvalue weighted by Crippen LogP contribution is -2.18. The molecule has 166 valence electrons. The van der Waals surface area contributed by atoms with Gasteiger partial charge in [0.05, 0.1) is 7.11 Å². The standard InChI is InChI=1S/C24H39N5O/c1-7-10-17(2)26-24-27-18(3)21(23(25)28-24)16-20-13-12-19(15-22(20)30-6)11-8-9-14-29(4)5/h12-13,15,17H,7-11,14,16H2,1-6H3,(H3,25,26,27,28). The number of nitrogens with one attached hydrogen (secondary N) is 1. The number of hydrogen-bond acceptors (Lipinski definition) is 6. The molecule has 0 fully saturated rings. The van der Waals surface area contributed by atoms with Gasteiger partial charge in [-0.2, -0.15) is 4.98 Å². The molecule has 0 saturated carbocycles. The summed E-state index contributed by atoms with van der Waals surface area (Å²) in [7, 11) is 5.96. The molecule has 0 aliphatic heterocycles. The van der Waals surface area contributed by atoms with Gasteiger partial charge in [0.25, 0.3) is 0 Å². The van der Waals surface area contributed by atoms with Crippen molar-refractivity contribution < 1.29 is 4.74 Å². The number of hydrogen-bond donors (Lipinski definition) is 2. The number of nitrogen functional groups attached to an aromatic ring is 1. The van der Waals surface area contributed by atoms with Gasteiger partial charge in [-0.1, -0.05) is 25.5 Å². The second-order valence-electron chi connectivity index (χ2n) is 8.41. The van der Waals surface area contributed by atoms with E-state index in [0.717, 1.165) is 48.4 Å². The minimum absolute atomic E-state index is 0.324. The minimum atomic E-state index is 0.324. The average molecular weight is 414 g/mol. The Morgan fingerprint density at radius 2 is 1.97 bits per heavy atom. The van der Waals surface area contributed by atoms with Crippen LogP contribution in [0.1, 0.15) is 61.9 Å². The summed E-state index contributed by atoms with van der Waals surface area (Å²) in [5, 5.41) is 3.35. The van der Waals surface area contributed by atoms with Crippen LogP contribution in [0.4, 0.5) is 11.8 Å². The minimum Gasteiger partial charge on any atom is -0.496 e. The van der Waals surface area contributed by atoms with Crippen LogP contribution in [0.2, 0.25) is 0 Å². The highest BCUT2D eigenvalue weighted by Gasteiger charge is 2.14. The Balaban J connectivity index is 2.11. The zero-order chi connectivity index (χ0) is 22.1. The van der Waals surface area contributed by atoms with Gasteiger partial charge in [0.1, 0.15) is 11.6 Å². The van der Waals surface area contributed by atoms with Crippen LogP contribution in [0, 0.1) is 6.92 Å². The monoisotopic (exact) mass is 413 g/mol. The predicted octanol–water partition coefficient (Wildman–Crippen LogP) is 4.45. The quantitative estimate of drug-likeness (QED) is 0.501. The first kappa shape index (κ1) is 23.9. The fourth-order valence-electron chi connectivity index (χ4n) is 3.66. The van der Waals surface area contributed by atoms with Crippen LogP contribution in [0.15, 0.2) is 18.2 Å². The highest BCUT2D eigenvalue weighted by atomic mass is 16.5. The molecule has 0 bridgehead atoms. The zero-order valence-corrected chi connectivity index (χ0v) is 19.6. The molecule has 0 aliphatic carbocycles. The largest absolute Gasteiger partial charge is 0.496 e. The summed E-state index contributed by atoms with van der Waals surface area (Å²) in [5.74, 6) is 2.04. The van der Waals surface area contributed by atoms with Crippen LogP contribution in [0.3, 0.4) is 0 Å². The molecule has 0 amide bonds. The van der Waals surface area contributed by atoms with E-state index < -0.39 is 0 Å². The molecule has 0 aliphatic rings. The first-order valence-corrected chi connectivity index (χ1v) is 11.0. The lowest BCUT2D eigenvalue weighted by Gasteiger charge is -2.16. The smallest absolute Gasteiger partial charge is 0.225 e. The van der Waals surface area contributed by atoms with Gasteiger partial charge in [0.15, 0.2) is 0 Å². The summed E-state index contributed by atoms with van der Waals surface area (Å²) in [4.78, 5) is 11.4. The van der Waals surface area contributed by atoms with Crippen molar-refractivity contribution in [2.75, 3.05) is 38.8 Å². The number of aryl methyl sites for hydroxylation is 2. The third-order valence-electron chi connectivity index (χ3n) is 5.38. The van der Waals surface area contributed by atoms with Crippen molar-refractivity contribution in [2.24, 2.45) is 0 Å². The normalized spacial score (nSPS) is 12.2. The second-order valence-corrected chi connectivity index (χ2v) is 8.41. The van der Waals surface area contributed by atoms with E-state index in [2.05, 4.69) is 66.3 Å². The molecule has 0 saturated heterocycles. The Morgan fingerprint density at radius 3 is 2.60 bits per heavy atom. The molecule has 30 heavy (non-hydrogen) atoms. The van der Waals surface area contributed by atoms with Crippen molar-refractivity contribution >= 4 is 11.8 Å². The van der Waals surface area contributed by atoms with Crippen molar-refractivity contribution in [3.63, 3.8) is 0 Å². The Morgan fingerprint density at radius 1 is 1.20 bits per heavy atom. The van der Waals surface area contributed by atoms with Gasteiger partial charge in [-0.3, -0.25) is 0 Å². The van der Waals surface area contributed by atoms with Crippen LogP contribution < -0.4 is 15.8 Å². The molecule has 3 N–H and O–H groups in total. The Labute approximate surface area is 182 Å². The fraction of sp³-hybridized carbons (Fsp3) is 0.583. The van der Waals surface area contributed by atoms with E-state index >= 15 is 0 Å². The van der Waals surface area contributed by atoms with Gasteiger partial charge >= 0.3 is 0 Å². The van der Waals surface area contributed by atoms with Gasteiger partial charge in [-0.25, -0.2) is 4.98 Å². The third kappa shape index (κ3) is 7.17. The van der Waals surface area contributed by atoms with Crippen molar-refractivity contribution in [2.45, 2.75) is 65.3 Å². The van der Waals surface area contributed by atoms with Crippen LogP contribution in [-0.4, -0.2) is 48.7 Å². The molecule has 1 unspecified atom stereocenters. The lowest BCUT2D eigenvalue weighted by molar-refractivity contribution is 0.394. The summed E-state index contributed by atoms with van der Waals surface area (Å²) in [5.41, 5.74) is 10.6. The molecule has 0 spiro atoms. The molecule has 1 aromatic carbocycles. The Hall–Kier alpha value is -2.34. The van der Waals surface area contributed by atoms with Crippen LogP contribution in [0.25, 0.3) is 0 Å². The highest BCUT2D eigenvalue weighted by Crippen LogP contribution is 2.27. The van der Waals surface area contributed by atoms with E-state index in [0.29, 0.717) is 24.2 Å². The summed E-state index contributed by atoms with van der Waals surface area (Å²) in [6, 6.07) is 6.82. The highest BCUT2D eigenvalue weighted by molar-refractivity contribution is 5.51. The first-order valence-electron chi connectivity index (χ1n) is 11.0. The molecular weight excluding hydrogens is 374 g/mol. The van der Waals surface area contributed by atoms with E-state index in [1.54, 1.807) is 7.11 Å². The maximum atomic E-state index is 6.31. The molecule has 6 nitrogen and oxygen atoms in total. The first-order chi connectivity index (χ1) is 14.3. The van der Waals surface area contributed by atoms with Crippen molar-refractivity contribution in [1.29, 1.82) is 0 Å². The number of aromatic nitrogens is 2. The molecule has 1 aromatic heterocycles. The van der Waals surface area contributed by atoms with Crippen molar-refractivity contribution in [3.8, 4) is 5.75 Å². The van der Waals surface area contributed by atoms with Gasteiger partial charge in [-0.15, -0.1) is 0 Å². The number of nitrogens with two attached hydrogens (primary N) is 1. The van der Waals surface area contributed by atoms with E-state index in [1.165, 1.54) is 18.4 Å². The number of nitrogens with zero attached hydrogens (tertiary/aromatic N) is 3. The predicted molar refractivity (Wildman–Crippen MR) is 126 cm³/mol. The average Bonchev–Trinajstić information content (AvgIpc) is 2.68. The molecule has 0 radical (unpaired) electrons. The van der Waals surface area contributed by atoms with E-state index in [-0.39, 0.29) is 0 Å². The molecule has 6 heteroatoms. The third-order valence-corrected chi connectivity index (χ3v) is 5.38. The van der Waals surface area contributed by atoms with E-state index in [9.17, 15) is 0 Å².